The summed E-state index contributed by atoms with van der Waals surface area (Å²) in [5.74, 6) is 0.702. The van der Waals surface area contributed by atoms with Crippen molar-refractivity contribution in [3.8, 4) is 5.69 Å². The van der Waals surface area contributed by atoms with Gasteiger partial charge in [-0.1, -0.05) is 47.1 Å². The minimum atomic E-state index is -0.534. The number of halogens is 2. The molecule has 0 aliphatic carbocycles. The number of hydrogen-bond donors (Lipinski definition) is 0. The van der Waals surface area contributed by atoms with E-state index in [1.807, 2.05) is 43.5 Å². The van der Waals surface area contributed by atoms with Crippen LogP contribution in [0.1, 0.15) is 27.8 Å². The van der Waals surface area contributed by atoms with E-state index in [4.69, 9.17) is 23.2 Å². The van der Waals surface area contributed by atoms with Crippen molar-refractivity contribution in [2.75, 3.05) is 6.54 Å². The van der Waals surface area contributed by atoms with Crippen molar-refractivity contribution in [1.29, 1.82) is 0 Å². The summed E-state index contributed by atoms with van der Waals surface area (Å²) in [6.07, 6.45) is 0. The van der Waals surface area contributed by atoms with Gasteiger partial charge in [-0.15, -0.1) is 10.2 Å². The monoisotopic (exact) mass is 436 g/mol. The highest BCUT2D eigenvalue weighted by Crippen LogP contribution is 2.39. The molecule has 6 nitrogen and oxygen atoms in total. The van der Waals surface area contributed by atoms with Gasteiger partial charge in [0.1, 0.15) is 11.1 Å². The number of aromatic nitrogens is 3. The van der Waals surface area contributed by atoms with Crippen molar-refractivity contribution in [2.24, 2.45) is 0 Å². The van der Waals surface area contributed by atoms with E-state index in [1.165, 1.54) is 17.3 Å². The van der Waals surface area contributed by atoms with E-state index in [9.17, 15) is 10.1 Å². The molecule has 1 heterocycles. The Morgan fingerprint density at radius 2 is 1.86 bits per heavy atom. The van der Waals surface area contributed by atoms with Crippen LogP contribution in [0.2, 0.25) is 10.0 Å². The molecule has 3 aromatic rings. The SMILES string of the molecule is Cc1ccc(-n2c(C)nnc2S[C@H](C[N+](=O)[O-])c2ccc(Cl)cc2Cl)cc1C. The third-order valence-electron chi connectivity index (χ3n) is 4.42. The molecule has 0 fully saturated rings. The minimum Gasteiger partial charge on any atom is -0.274 e. The number of nitro groups is 1. The maximum absolute atomic E-state index is 11.3. The number of thioether (sulfide) groups is 1. The zero-order valence-electron chi connectivity index (χ0n) is 15.5. The van der Waals surface area contributed by atoms with Crippen LogP contribution in [-0.4, -0.2) is 26.2 Å². The first kappa shape index (κ1) is 20.6. The van der Waals surface area contributed by atoms with E-state index >= 15 is 0 Å². The van der Waals surface area contributed by atoms with E-state index in [0.29, 0.717) is 26.6 Å². The van der Waals surface area contributed by atoms with Gasteiger partial charge in [0.05, 0.1) is 0 Å². The Labute approximate surface area is 177 Å². The highest BCUT2D eigenvalue weighted by Gasteiger charge is 2.25. The maximum atomic E-state index is 11.3. The average molecular weight is 437 g/mol. The van der Waals surface area contributed by atoms with Gasteiger partial charge >= 0.3 is 0 Å². The topological polar surface area (TPSA) is 73.8 Å². The minimum absolute atomic E-state index is 0.301. The van der Waals surface area contributed by atoms with E-state index in [-0.39, 0.29) is 11.5 Å². The Morgan fingerprint density at radius 1 is 1.11 bits per heavy atom. The Hall–Kier alpha value is -2.09. The van der Waals surface area contributed by atoms with Crippen LogP contribution in [0.3, 0.4) is 0 Å². The number of rotatable bonds is 6. The van der Waals surface area contributed by atoms with Crippen molar-refractivity contribution in [3.05, 3.63) is 79.1 Å². The third-order valence-corrected chi connectivity index (χ3v) is 6.14. The van der Waals surface area contributed by atoms with Crippen LogP contribution in [0.4, 0.5) is 0 Å². The first-order chi connectivity index (χ1) is 13.3. The molecule has 1 aromatic heterocycles. The Kier molecular flexibility index (Phi) is 6.27. The van der Waals surface area contributed by atoms with Crippen LogP contribution in [-0.2, 0) is 0 Å². The number of aryl methyl sites for hydroxylation is 3. The largest absolute Gasteiger partial charge is 0.274 e. The molecule has 0 saturated carbocycles. The van der Waals surface area contributed by atoms with Crippen molar-refractivity contribution in [2.45, 2.75) is 31.2 Å². The van der Waals surface area contributed by atoms with Gasteiger partial charge in [-0.2, -0.15) is 0 Å². The zero-order valence-corrected chi connectivity index (χ0v) is 17.8. The fourth-order valence-corrected chi connectivity index (χ4v) is 4.62. The van der Waals surface area contributed by atoms with Crippen LogP contribution in [0.15, 0.2) is 41.6 Å². The second-order valence-corrected chi connectivity index (χ2v) is 8.43. The molecular formula is C19H18Cl2N4O2S. The lowest BCUT2D eigenvalue weighted by Crippen LogP contribution is -2.11. The molecule has 0 amide bonds. The Bertz CT molecular complexity index is 1040. The lowest BCUT2D eigenvalue weighted by Gasteiger charge is -2.16. The van der Waals surface area contributed by atoms with Gasteiger partial charge in [-0.05, 0) is 61.7 Å². The Balaban J connectivity index is 2.02. The molecule has 9 heteroatoms. The fourth-order valence-electron chi connectivity index (χ4n) is 2.81. The molecule has 0 saturated heterocycles. The number of hydrogen-bond acceptors (Lipinski definition) is 5. The zero-order chi connectivity index (χ0) is 20.4. The van der Waals surface area contributed by atoms with Gasteiger partial charge < -0.3 is 0 Å². The summed E-state index contributed by atoms with van der Waals surface area (Å²) in [6.45, 7) is 5.63. The molecule has 0 radical (unpaired) electrons. The predicted molar refractivity (Wildman–Crippen MR) is 112 cm³/mol. The van der Waals surface area contributed by atoms with Crippen molar-refractivity contribution >= 4 is 35.0 Å². The molecule has 0 bridgehead atoms. The highest BCUT2D eigenvalue weighted by molar-refractivity contribution is 7.99. The molecule has 1 atom stereocenters. The number of nitrogens with zero attached hydrogens (tertiary/aromatic N) is 4. The van der Waals surface area contributed by atoms with Gasteiger partial charge in [0.2, 0.25) is 6.54 Å². The molecular weight excluding hydrogens is 419 g/mol. The predicted octanol–water partition coefficient (Wildman–Crippen LogP) is 5.61. The summed E-state index contributed by atoms with van der Waals surface area (Å²) in [4.78, 5) is 10.9. The standard InChI is InChI=1S/C19H18Cl2N4O2S/c1-11-4-6-15(8-12(11)2)25-13(3)22-23-19(25)28-18(10-24(26)27)16-7-5-14(20)9-17(16)21/h4-9,18H,10H2,1-3H3/t18-/m1/s1. The van der Waals surface area contributed by atoms with Crippen LogP contribution in [0, 0.1) is 30.9 Å². The quantitative estimate of drug-likeness (QED) is 0.285. The maximum Gasteiger partial charge on any atom is 0.220 e. The molecule has 0 N–H and O–H groups in total. The van der Waals surface area contributed by atoms with Gasteiger partial charge in [0, 0.05) is 20.7 Å². The van der Waals surface area contributed by atoms with Gasteiger partial charge in [0.25, 0.3) is 0 Å². The van der Waals surface area contributed by atoms with E-state index in [2.05, 4.69) is 10.2 Å². The van der Waals surface area contributed by atoms with E-state index in [1.54, 1.807) is 18.2 Å². The molecule has 0 aliphatic heterocycles. The van der Waals surface area contributed by atoms with Gasteiger partial charge in [-0.25, -0.2) is 0 Å². The van der Waals surface area contributed by atoms with E-state index in [0.717, 1.165) is 11.3 Å². The first-order valence-corrected chi connectivity index (χ1v) is 10.1. The van der Waals surface area contributed by atoms with Crippen molar-refractivity contribution < 1.29 is 4.92 Å². The van der Waals surface area contributed by atoms with Crippen LogP contribution in [0.5, 0.6) is 0 Å². The van der Waals surface area contributed by atoms with Crippen LogP contribution >= 0.6 is 35.0 Å². The number of benzene rings is 2. The average Bonchev–Trinajstić information content (AvgIpc) is 2.97. The van der Waals surface area contributed by atoms with E-state index < -0.39 is 5.25 Å². The molecule has 2 aromatic carbocycles. The lowest BCUT2D eigenvalue weighted by atomic mass is 10.1. The third kappa shape index (κ3) is 4.48. The second-order valence-electron chi connectivity index (χ2n) is 6.42. The van der Waals surface area contributed by atoms with Crippen LogP contribution < -0.4 is 0 Å². The summed E-state index contributed by atoms with van der Waals surface area (Å²) in [5.41, 5.74) is 3.88. The molecule has 146 valence electrons. The Morgan fingerprint density at radius 3 is 2.50 bits per heavy atom. The summed E-state index contributed by atoms with van der Waals surface area (Å²) < 4.78 is 1.90. The van der Waals surface area contributed by atoms with Crippen molar-refractivity contribution in [3.63, 3.8) is 0 Å². The molecule has 0 unspecified atom stereocenters. The normalized spacial score (nSPS) is 12.2. The summed E-state index contributed by atoms with van der Waals surface area (Å²) in [7, 11) is 0. The second kappa shape index (κ2) is 8.51. The van der Waals surface area contributed by atoms with Crippen LogP contribution in [0.25, 0.3) is 5.69 Å². The van der Waals surface area contributed by atoms with Gasteiger partial charge in [0.15, 0.2) is 5.16 Å². The lowest BCUT2D eigenvalue weighted by molar-refractivity contribution is -0.479. The fraction of sp³-hybridized carbons (Fsp3) is 0.263. The summed E-state index contributed by atoms with van der Waals surface area (Å²) >= 11 is 13.5. The molecule has 28 heavy (non-hydrogen) atoms. The van der Waals surface area contributed by atoms with Gasteiger partial charge in [-0.3, -0.25) is 14.7 Å². The smallest absolute Gasteiger partial charge is 0.220 e. The molecule has 3 rings (SSSR count). The first-order valence-electron chi connectivity index (χ1n) is 8.49. The highest BCUT2D eigenvalue weighted by atomic mass is 35.5. The summed E-state index contributed by atoms with van der Waals surface area (Å²) in [5, 5.41) is 20.6. The van der Waals surface area contributed by atoms with Crippen molar-refractivity contribution in [1.82, 2.24) is 14.8 Å². The molecule has 0 aliphatic rings. The summed E-state index contributed by atoms with van der Waals surface area (Å²) in [6, 6.07) is 11.0. The molecule has 0 spiro atoms.